The van der Waals surface area contributed by atoms with Crippen molar-refractivity contribution in [1.29, 1.82) is 0 Å². The lowest BCUT2D eigenvalue weighted by Crippen LogP contribution is -2.31. The number of nitrogens with zero attached hydrogens (tertiary/aromatic N) is 1. The minimum Gasteiger partial charge on any atom is -0.488 e. The van der Waals surface area contributed by atoms with Gasteiger partial charge in [0, 0.05) is 7.11 Å². The fourth-order valence-corrected chi connectivity index (χ4v) is 3.46. The highest BCUT2D eigenvalue weighted by Gasteiger charge is 2.34. The molecule has 0 unspecified atom stereocenters. The molecule has 23 heavy (non-hydrogen) atoms. The van der Waals surface area contributed by atoms with Crippen LogP contribution in [0.5, 0.6) is 5.75 Å². The number of amides is 2. The molecule has 0 radical (unpaired) electrons. The molecule has 0 saturated carbocycles. The number of ether oxygens (including phenoxy) is 2. The van der Waals surface area contributed by atoms with Crippen LogP contribution in [0.2, 0.25) is 0 Å². The Labute approximate surface area is 152 Å². The summed E-state index contributed by atoms with van der Waals surface area (Å²) in [7, 11) is 1.53. The smallest absolute Gasteiger partial charge is 0.293 e. The van der Waals surface area contributed by atoms with Crippen molar-refractivity contribution in [3.63, 3.8) is 0 Å². The summed E-state index contributed by atoms with van der Waals surface area (Å²) < 4.78 is 11.4. The van der Waals surface area contributed by atoms with E-state index in [0.29, 0.717) is 18.1 Å². The average molecular weight is 445 g/mol. The quantitative estimate of drug-likeness (QED) is 0.365. The van der Waals surface area contributed by atoms with Gasteiger partial charge in [-0.25, -0.2) is 0 Å². The van der Waals surface area contributed by atoms with E-state index in [1.807, 2.05) is 18.2 Å². The molecule has 1 aliphatic rings. The van der Waals surface area contributed by atoms with Gasteiger partial charge >= 0.3 is 0 Å². The summed E-state index contributed by atoms with van der Waals surface area (Å²) in [5.74, 6) is 0.481. The molecule has 7 heteroatoms. The predicted octanol–water partition coefficient (Wildman–Crippen LogP) is 3.54. The first-order valence-corrected chi connectivity index (χ1v) is 8.74. The number of carbonyl (C=O) groups is 2. The maximum atomic E-state index is 12.2. The second kappa shape index (κ2) is 8.51. The molecule has 5 nitrogen and oxygen atoms in total. The normalized spacial score (nSPS) is 16.3. The number of halogens is 1. The van der Waals surface area contributed by atoms with Crippen molar-refractivity contribution in [2.24, 2.45) is 0 Å². The van der Waals surface area contributed by atoms with Crippen molar-refractivity contribution in [2.45, 2.75) is 0 Å². The Balaban J connectivity index is 2.15. The predicted molar refractivity (Wildman–Crippen MR) is 99.4 cm³/mol. The molecule has 2 amide bonds. The van der Waals surface area contributed by atoms with Crippen LogP contribution in [0.4, 0.5) is 4.79 Å². The van der Waals surface area contributed by atoms with Crippen molar-refractivity contribution in [2.75, 3.05) is 26.9 Å². The van der Waals surface area contributed by atoms with Crippen LogP contribution in [0.3, 0.4) is 0 Å². The van der Waals surface area contributed by atoms with E-state index >= 15 is 0 Å². The Hall–Kier alpha value is -1.32. The summed E-state index contributed by atoms with van der Waals surface area (Å²) >= 11 is 3.12. The van der Waals surface area contributed by atoms with Crippen molar-refractivity contribution in [3.8, 4) is 5.75 Å². The summed E-state index contributed by atoms with van der Waals surface area (Å²) in [6, 6.07) is 5.60. The first-order valence-electron chi connectivity index (χ1n) is 6.84. The number of imide groups is 1. The summed E-state index contributed by atoms with van der Waals surface area (Å²) in [4.78, 5) is 25.7. The zero-order valence-electron chi connectivity index (χ0n) is 12.6. The Morgan fingerprint density at radius 2 is 2.17 bits per heavy atom. The van der Waals surface area contributed by atoms with E-state index in [1.54, 1.807) is 12.2 Å². The van der Waals surface area contributed by atoms with Crippen LogP contribution < -0.4 is 4.74 Å². The number of hydrogen-bond acceptors (Lipinski definition) is 5. The molecule has 2 rings (SSSR count). The van der Waals surface area contributed by atoms with E-state index in [9.17, 15) is 9.59 Å². The van der Waals surface area contributed by atoms with E-state index in [4.69, 9.17) is 9.47 Å². The van der Waals surface area contributed by atoms with Gasteiger partial charge in [0.05, 0.1) is 21.6 Å². The topological polar surface area (TPSA) is 55.8 Å². The van der Waals surface area contributed by atoms with Crippen LogP contribution in [-0.2, 0) is 9.53 Å². The summed E-state index contributed by atoms with van der Waals surface area (Å²) in [6.45, 7) is 4.65. The highest BCUT2D eigenvalue weighted by atomic mass is 127. The van der Waals surface area contributed by atoms with Crippen LogP contribution in [0.25, 0.3) is 6.08 Å². The van der Waals surface area contributed by atoms with Crippen LogP contribution in [-0.4, -0.2) is 42.9 Å². The third-order valence-electron chi connectivity index (χ3n) is 3.00. The molecule has 0 aromatic heterocycles. The molecule has 0 bridgehead atoms. The number of hydrogen-bond donors (Lipinski definition) is 0. The molecule has 0 N–H and O–H groups in total. The van der Waals surface area contributed by atoms with Gasteiger partial charge in [-0.3, -0.25) is 14.5 Å². The summed E-state index contributed by atoms with van der Waals surface area (Å²) in [5.41, 5.74) is 0.845. The highest BCUT2D eigenvalue weighted by molar-refractivity contribution is 14.1. The fourth-order valence-electron chi connectivity index (χ4n) is 1.90. The minimum absolute atomic E-state index is 0.265. The molecule has 1 saturated heterocycles. The van der Waals surface area contributed by atoms with Gasteiger partial charge in [-0.15, -0.1) is 0 Å². The third-order valence-corrected chi connectivity index (χ3v) is 4.75. The Morgan fingerprint density at radius 1 is 1.39 bits per heavy atom. The second-order valence-corrected chi connectivity index (χ2v) is 6.77. The molecule has 1 aromatic carbocycles. The number of methoxy groups -OCH3 is 1. The zero-order chi connectivity index (χ0) is 16.8. The van der Waals surface area contributed by atoms with Crippen LogP contribution in [0, 0.1) is 3.57 Å². The third kappa shape index (κ3) is 4.58. The molecule has 0 spiro atoms. The van der Waals surface area contributed by atoms with Crippen LogP contribution in [0.15, 0.2) is 35.8 Å². The average Bonchev–Trinajstić information content (AvgIpc) is 2.78. The monoisotopic (exact) mass is 445 g/mol. The van der Waals surface area contributed by atoms with E-state index < -0.39 is 0 Å². The first-order chi connectivity index (χ1) is 11.1. The number of carbonyl (C=O) groups excluding carboxylic acids is 2. The molecular formula is C16H16INO4S. The van der Waals surface area contributed by atoms with Gasteiger partial charge in [-0.05, 0) is 58.1 Å². The van der Waals surface area contributed by atoms with Gasteiger partial charge in [0.25, 0.3) is 11.1 Å². The van der Waals surface area contributed by atoms with Crippen LogP contribution in [0.1, 0.15) is 5.56 Å². The molecule has 1 aromatic rings. The van der Waals surface area contributed by atoms with E-state index in [1.165, 1.54) is 12.0 Å². The van der Waals surface area contributed by atoms with Gasteiger partial charge in [0.2, 0.25) is 0 Å². The SMILES string of the molecule is C=CCOc1ccc(/C=C2/SC(=O)N(CCOC)C2=O)cc1I. The standard InChI is InChI=1S/C16H16INO4S/c1-3-7-22-13-5-4-11(9-12(13)17)10-14-15(19)18(6-8-21-2)16(20)23-14/h3-5,9-10H,1,6-8H2,2H3/b14-10+. The number of rotatable bonds is 7. The minimum atomic E-state index is -0.279. The van der Waals surface area contributed by atoms with Crippen LogP contribution >= 0.6 is 34.4 Å². The fraction of sp³-hybridized carbons (Fsp3) is 0.250. The van der Waals surface area contributed by atoms with E-state index in [2.05, 4.69) is 29.2 Å². The van der Waals surface area contributed by atoms with Crippen molar-refractivity contribution in [1.82, 2.24) is 4.90 Å². The van der Waals surface area contributed by atoms with Gasteiger partial charge in [0.15, 0.2) is 0 Å². The highest BCUT2D eigenvalue weighted by Crippen LogP contribution is 2.33. The largest absolute Gasteiger partial charge is 0.488 e. The van der Waals surface area contributed by atoms with Crippen molar-refractivity contribution in [3.05, 3.63) is 44.9 Å². The zero-order valence-corrected chi connectivity index (χ0v) is 15.6. The summed E-state index contributed by atoms with van der Waals surface area (Å²) in [5, 5.41) is -0.265. The summed E-state index contributed by atoms with van der Waals surface area (Å²) in [6.07, 6.45) is 3.40. The Bertz CT molecular complexity index is 659. The molecular weight excluding hydrogens is 429 g/mol. The Kier molecular flexibility index (Phi) is 6.67. The lowest BCUT2D eigenvalue weighted by atomic mass is 10.2. The van der Waals surface area contributed by atoms with Gasteiger partial charge in [-0.1, -0.05) is 18.7 Å². The molecule has 0 aliphatic carbocycles. The Morgan fingerprint density at radius 3 is 2.83 bits per heavy atom. The lowest BCUT2D eigenvalue weighted by molar-refractivity contribution is -0.123. The maximum Gasteiger partial charge on any atom is 0.293 e. The van der Waals surface area contributed by atoms with Gasteiger partial charge < -0.3 is 9.47 Å². The first kappa shape index (κ1) is 18.0. The van der Waals surface area contributed by atoms with E-state index in [0.717, 1.165) is 26.6 Å². The van der Waals surface area contributed by atoms with E-state index in [-0.39, 0.29) is 17.7 Å². The molecule has 0 atom stereocenters. The number of thioether (sulfide) groups is 1. The molecule has 1 heterocycles. The van der Waals surface area contributed by atoms with Gasteiger partial charge in [0.1, 0.15) is 12.4 Å². The lowest BCUT2D eigenvalue weighted by Gasteiger charge is -2.10. The molecule has 122 valence electrons. The number of benzene rings is 1. The molecule has 1 aliphatic heterocycles. The molecule has 1 fully saturated rings. The van der Waals surface area contributed by atoms with Crippen molar-refractivity contribution < 1.29 is 19.1 Å². The van der Waals surface area contributed by atoms with Crippen molar-refractivity contribution >= 4 is 51.6 Å². The maximum absolute atomic E-state index is 12.2. The second-order valence-electron chi connectivity index (χ2n) is 4.62. The van der Waals surface area contributed by atoms with Gasteiger partial charge in [-0.2, -0.15) is 0 Å².